The van der Waals surface area contributed by atoms with Crippen LogP contribution in [-0.2, 0) is 13.6 Å². The molecule has 0 radical (unpaired) electrons. The van der Waals surface area contributed by atoms with Gasteiger partial charge in [0.1, 0.15) is 0 Å². The van der Waals surface area contributed by atoms with Crippen molar-refractivity contribution in [1.82, 2.24) is 25.0 Å². The van der Waals surface area contributed by atoms with Gasteiger partial charge in [-0.1, -0.05) is 17.7 Å². The SMILES string of the molecule is Cc1c(Cl)c(C(=O)N[C@@H]2CCN(Cc3ccccn3)C[C@H]2O)nn1C. The van der Waals surface area contributed by atoms with Gasteiger partial charge in [-0.05, 0) is 25.5 Å². The Kier molecular flexibility index (Phi) is 5.36. The van der Waals surface area contributed by atoms with Crippen LogP contribution in [0.2, 0.25) is 5.02 Å². The molecule has 2 aromatic heterocycles. The summed E-state index contributed by atoms with van der Waals surface area (Å²) in [5, 5.41) is 17.8. The van der Waals surface area contributed by atoms with E-state index >= 15 is 0 Å². The Morgan fingerprint density at radius 3 is 2.88 bits per heavy atom. The lowest BCUT2D eigenvalue weighted by Crippen LogP contribution is -2.53. The Morgan fingerprint density at radius 2 is 2.28 bits per heavy atom. The van der Waals surface area contributed by atoms with Gasteiger partial charge in [0.15, 0.2) is 5.69 Å². The zero-order chi connectivity index (χ0) is 18.0. The number of amides is 1. The van der Waals surface area contributed by atoms with Gasteiger partial charge in [0.05, 0.1) is 28.6 Å². The maximum absolute atomic E-state index is 12.4. The lowest BCUT2D eigenvalue weighted by Gasteiger charge is -2.35. The number of nitrogens with one attached hydrogen (secondary N) is 1. The van der Waals surface area contributed by atoms with Gasteiger partial charge in [-0.3, -0.25) is 19.4 Å². The molecule has 0 unspecified atom stereocenters. The van der Waals surface area contributed by atoms with Crippen LogP contribution in [0.15, 0.2) is 24.4 Å². The molecule has 0 saturated carbocycles. The van der Waals surface area contributed by atoms with E-state index < -0.39 is 6.10 Å². The zero-order valence-electron chi connectivity index (χ0n) is 14.3. The Balaban J connectivity index is 1.58. The summed E-state index contributed by atoms with van der Waals surface area (Å²) < 4.78 is 1.57. The van der Waals surface area contributed by atoms with E-state index in [1.165, 1.54) is 0 Å². The molecule has 3 rings (SSSR count). The van der Waals surface area contributed by atoms with Crippen LogP contribution in [0.25, 0.3) is 0 Å². The van der Waals surface area contributed by atoms with Crippen molar-refractivity contribution < 1.29 is 9.90 Å². The van der Waals surface area contributed by atoms with Gasteiger partial charge in [-0.2, -0.15) is 5.10 Å². The molecule has 2 N–H and O–H groups in total. The summed E-state index contributed by atoms with van der Waals surface area (Å²) >= 11 is 6.15. The number of carbonyl (C=O) groups excluding carboxylic acids is 1. The minimum Gasteiger partial charge on any atom is -0.390 e. The number of aliphatic hydroxyl groups is 1. The quantitative estimate of drug-likeness (QED) is 0.851. The number of β-amino-alcohol motifs (C(OH)–C–C–N with tert-alkyl or cyclic N) is 1. The van der Waals surface area contributed by atoms with E-state index in [2.05, 4.69) is 20.3 Å². The average molecular weight is 364 g/mol. The van der Waals surface area contributed by atoms with Crippen molar-refractivity contribution in [3.63, 3.8) is 0 Å². The van der Waals surface area contributed by atoms with Crippen molar-refractivity contribution in [2.75, 3.05) is 13.1 Å². The van der Waals surface area contributed by atoms with Gasteiger partial charge in [0, 0.05) is 32.9 Å². The lowest BCUT2D eigenvalue weighted by atomic mass is 10.0. The van der Waals surface area contributed by atoms with E-state index in [4.69, 9.17) is 11.6 Å². The van der Waals surface area contributed by atoms with E-state index in [0.29, 0.717) is 24.5 Å². The molecule has 3 heterocycles. The third-order valence-electron chi connectivity index (χ3n) is 4.57. The van der Waals surface area contributed by atoms with Crippen LogP contribution in [-0.4, -0.2) is 55.9 Å². The van der Waals surface area contributed by atoms with Crippen molar-refractivity contribution in [1.29, 1.82) is 0 Å². The number of halogens is 1. The first-order valence-electron chi connectivity index (χ1n) is 8.26. The molecule has 0 bridgehead atoms. The third kappa shape index (κ3) is 4.00. The summed E-state index contributed by atoms with van der Waals surface area (Å²) in [7, 11) is 1.74. The molecule has 1 saturated heterocycles. The van der Waals surface area contributed by atoms with E-state index in [-0.39, 0.29) is 17.6 Å². The highest BCUT2D eigenvalue weighted by atomic mass is 35.5. The summed E-state index contributed by atoms with van der Waals surface area (Å²) in [5.41, 5.74) is 1.90. The molecule has 1 amide bonds. The number of rotatable bonds is 4. The summed E-state index contributed by atoms with van der Waals surface area (Å²) in [6.45, 7) is 3.74. The number of aliphatic hydroxyl groups excluding tert-OH is 1. The monoisotopic (exact) mass is 363 g/mol. The van der Waals surface area contributed by atoms with Gasteiger partial charge in [0.2, 0.25) is 0 Å². The first kappa shape index (κ1) is 17.8. The topological polar surface area (TPSA) is 83.3 Å². The number of piperidine rings is 1. The van der Waals surface area contributed by atoms with Crippen molar-refractivity contribution in [3.05, 3.63) is 46.5 Å². The Hall–Kier alpha value is -1.96. The zero-order valence-corrected chi connectivity index (χ0v) is 15.1. The average Bonchev–Trinajstić information content (AvgIpc) is 2.86. The van der Waals surface area contributed by atoms with E-state index in [1.54, 1.807) is 24.9 Å². The van der Waals surface area contributed by atoms with E-state index in [0.717, 1.165) is 17.9 Å². The molecule has 0 aromatic carbocycles. The lowest BCUT2D eigenvalue weighted by molar-refractivity contribution is 0.0344. The second-order valence-electron chi connectivity index (χ2n) is 6.36. The largest absolute Gasteiger partial charge is 0.390 e. The number of nitrogens with zero attached hydrogens (tertiary/aromatic N) is 4. The van der Waals surface area contributed by atoms with Crippen LogP contribution in [0.3, 0.4) is 0 Å². The molecule has 1 aliphatic heterocycles. The van der Waals surface area contributed by atoms with Crippen LogP contribution in [0.1, 0.15) is 28.3 Å². The molecule has 2 atom stereocenters. The Labute approximate surface area is 151 Å². The van der Waals surface area contributed by atoms with Crippen molar-refractivity contribution >= 4 is 17.5 Å². The minimum absolute atomic E-state index is 0.199. The number of hydrogen-bond acceptors (Lipinski definition) is 5. The predicted molar refractivity (Wildman–Crippen MR) is 94.3 cm³/mol. The summed E-state index contributed by atoms with van der Waals surface area (Å²) in [4.78, 5) is 18.9. The second-order valence-corrected chi connectivity index (χ2v) is 6.74. The first-order valence-corrected chi connectivity index (χ1v) is 8.63. The molecule has 0 spiro atoms. The first-order chi connectivity index (χ1) is 12.0. The summed E-state index contributed by atoms with van der Waals surface area (Å²) in [5.74, 6) is -0.351. The van der Waals surface area contributed by atoms with E-state index in [1.807, 2.05) is 18.2 Å². The minimum atomic E-state index is -0.648. The van der Waals surface area contributed by atoms with E-state index in [9.17, 15) is 9.90 Å². The van der Waals surface area contributed by atoms with Crippen LogP contribution >= 0.6 is 11.6 Å². The molecule has 0 aliphatic carbocycles. The van der Waals surface area contributed by atoms with Crippen molar-refractivity contribution in [2.24, 2.45) is 7.05 Å². The number of hydrogen-bond donors (Lipinski definition) is 2. The molecular formula is C17H22ClN5O2. The molecule has 7 nitrogen and oxygen atoms in total. The Bertz CT molecular complexity index is 749. The normalized spacial score (nSPS) is 21.3. The van der Waals surface area contributed by atoms with Crippen molar-refractivity contribution in [3.8, 4) is 0 Å². The number of aromatic nitrogens is 3. The summed E-state index contributed by atoms with van der Waals surface area (Å²) in [6.07, 6.45) is 1.77. The second kappa shape index (κ2) is 7.51. The highest BCUT2D eigenvalue weighted by Crippen LogP contribution is 2.20. The number of pyridine rings is 1. The molecule has 1 aliphatic rings. The number of carbonyl (C=O) groups is 1. The summed E-state index contributed by atoms with van der Waals surface area (Å²) in [6, 6.07) is 5.48. The maximum atomic E-state index is 12.4. The standard InChI is InChI=1S/C17H22ClN5O2/c1-11-15(18)16(21-22(11)2)17(25)20-13-6-8-23(10-14(13)24)9-12-5-3-4-7-19-12/h3-5,7,13-14,24H,6,8-10H2,1-2H3,(H,20,25)/t13-,14-/m1/s1. The van der Waals surface area contributed by atoms with Gasteiger partial charge < -0.3 is 10.4 Å². The molecule has 134 valence electrons. The van der Waals surface area contributed by atoms with Gasteiger partial charge in [-0.15, -0.1) is 0 Å². The highest BCUT2D eigenvalue weighted by molar-refractivity contribution is 6.34. The molecule has 25 heavy (non-hydrogen) atoms. The number of aryl methyl sites for hydroxylation is 1. The van der Waals surface area contributed by atoms with Crippen LogP contribution in [0.5, 0.6) is 0 Å². The molecule has 1 fully saturated rings. The fourth-order valence-electron chi connectivity index (χ4n) is 2.99. The molecule has 8 heteroatoms. The van der Waals surface area contributed by atoms with Gasteiger partial charge in [0.25, 0.3) is 5.91 Å². The fourth-order valence-corrected chi connectivity index (χ4v) is 3.24. The molecular weight excluding hydrogens is 342 g/mol. The molecule has 2 aromatic rings. The fraction of sp³-hybridized carbons (Fsp3) is 0.471. The third-order valence-corrected chi connectivity index (χ3v) is 5.02. The highest BCUT2D eigenvalue weighted by Gasteiger charge is 2.30. The van der Waals surface area contributed by atoms with Gasteiger partial charge in [-0.25, -0.2) is 0 Å². The number of likely N-dealkylation sites (tertiary alicyclic amines) is 1. The smallest absolute Gasteiger partial charge is 0.273 e. The van der Waals surface area contributed by atoms with Crippen LogP contribution < -0.4 is 5.32 Å². The van der Waals surface area contributed by atoms with Crippen LogP contribution in [0, 0.1) is 6.92 Å². The Morgan fingerprint density at radius 1 is 1.48 bits per heavy atom. The predicted octanol–water partition coefficient (Wildman–Crippen LogP) is 1.14. The van der Waals surface area contributed by atoms with Crippen LogP contribution in [0.4, 0.5) is 0 Å². The maximum Gasteiger partial charge on any atom is 0.273 e. The van der Waals surface area contributed by atoms with Gasteiger partial charge >= 0.3 is 0 Å². The van der Waals surface area contributed by atoms with Crippen molar-refractivity contribution in [2.45, 2.75) is 32.0 Å².